The number of rotatable bonds is 3. The molecule has 0 aliphatic carbocycles. The molecule has 0 saturated carbocycles. The normalized spacial score (nSPS) is 22.1. The van der Waals surface area contributed by atoms with Crippen LogP contribution in [0.15, 0.2) is 0 Å². The summed E-state index contributed by atoms with van der Waals surface area (Å²) in [6.45, 7) is 10.6. The van der Waals surface area contributed by atoms with Crippen LogP contribution in [0.3, 0.4) is 0 Å². The van der Waals surface area contributed by atoms with Crippen LogP contribution in [0.1, 0.15) is 43.1 Å². The van der Waals surface area contributed by atoms with Crippen LogP contribution in [0, 0.1) is 13.8 Å². The van der Waals surface area contributed by atoms with E-state index in [1.807, 2.05) is 0 Å². The first-order valence-electron chi connectivity index (χ1n) is 7.12. The highest BCUT2D eigenvalue weighted by atomic mass is 15.3. The monoisotopic (exact) mass is 250 g/mol. The van der Waals surface area contributed by atoms with Crippen molar-refractivity contribution in [3.63, 3.8) is 0 Å². The van der Waals surface area contributed by atoms with E-state index < -0.39 is 0 Å². The molecule has 4 heteroatoms. The Morgan fingerprint density at radius 2 is 2.11 bits per heavy atom. The van der Waals surface area contributed by atoms with Gasteiger partial charge in [-0.05, 0) is 40.2 Å². The van der Waals surface area contributed by atoms with Gasteiger partial charge in [-0.15, -0.1) is 0 Å². The summed E-state index contributed by atoms with van der Waals surface area (Å²) < 4.78 is 2.10. The molecule has 0 aromatic carbocycles. The number of nitrogens with two attached hydrogens (primary N) is 1. The maximum Gasteiger partial charge on any atom is 0.0641 e. The average Bonchev–Trinajstić information content (AvgIpc) is 2.53. The van der Waals surface area contributed by atoms with Gasteiger partial charge in [0.25, 0.3) is 0 Å². The number of aryl methyl sites for hydroxylation is 2. The Labute approximate surface area is 110 Å². The smallest absolute Gasteiger partial charge is 0.0641 e. The molecule has 4 nitrogen and oxygen atoms in total. The van der Waals surface area contributed by atoms with Crippen LogP contribution < -0.4 is 5.73 Å². The van der Waals surface area contributed by atoms with E-state index in [2.05, 4.69) is 35.5 Å². The van der Waals surface area contributed by atoms with Crippen molar-refractivity contribution in [1.82, 2.24) is 14.7 Å². The van der Waals surface area contributed by atoms with Crippen molar-refractivity contribution in [2.45, 2.75) is 59.2 Å². The number of hydrogen-bond acceptors (Lipinski definition) is 3. The highest BCUT2D eigenvalue weighted by molar-refractivity contribution is 5.24. The predicted octanol–water partition coefficient (Wildman–Crippen LogP) is 1.83. The quantitative estimate of drug-likeness (QED) is 0.890. The maximum absolute atomic E-state index is 6.12. The van der Waals surface area contributed by atoms with Crippen LogP contribution in [0.5, 0.6) is 0 Å². The SMILES string of the molecule is CCn1nc(C)c(CN2CCCCC(N)C2)c1C. The highest BCUT2D eigenvalue weighted by Gasteiger charge is 2.18. The summed E-state index contributed by atoms with van der Waals surface area (Å²) >= 11 is 0. The minimum Gasteiger partial charge on any atom is -0.327 e. The van der Waals surface area contributed by atoms with Gasteiger partial charge < -0.3 is 5.73 Å². The van der Waals surface area contributed by atoms with Crippen LogP contribution in [0.25, 0.3) is 0 Å². The fraction of sp³-hybridized carbons (Fsp3) is 0.786. The summed E-state index contributed by atoms with van der Waals surface area (Å²) in [5.74, 6) is 0. The standard InChI is InChI=1S/C14H26N4/c1-4-18-12(3)14(11(2)16-18)10-17-8-6-5-7-13(15)9-17/h13H,4-10,15H2,1-3H3. The summed E-state index contributed by atoms with van der Waals surface area (Å²) in [4.78, 5) is 2.49. The van der Waals surface area contributed by atoms with Gasteiger partial charge >= 0.3 is 0 Å². The van der Waals surface area contributed by atoms with E-state index in [1.54, 1.807) is 0 Å². The van der Waals surface area contributed by atoms with Gasteiger partial charge in [0.05, 0.1) is 5.69 Å². The molecule has 1 atom stereocenters. The van der Waals surface area contributed by atoms with Gasteiger partial charge in [-0.25, -0.2) is 0 Å². The van der Waals surface area contributed by atoms with E-state index in [-0.39, 0.29) is 0 Å². The Morgan fingerprint density at radius 1 is 1.33 bits per heavy atom. The molecular formula is C14H26N4. The Morgan fingerprint density at radius 3 is 2.78 bits per heavy atom. The third-order valence-electron chi connectivity index (χ3n) is 4.00. The van der Waals surface area contributed by atoms with Crippen molar-refractivity contribution >= 4 is 0 Å². The largest absolute Gasteiger partial charge is 0.327 e. The first-order valence-corrected chi connectivity index (χ1v) is 7.12. The maximum atomic E-state index is 6.12. The molecule has 18 heavy (non-hydrogen) atoms. The fourth-order valence-corrected chi connectivity index (χ4v) is 2.89. The molecule has 0 radical (unpaired) electrons. The second-order valence-corrected chi connectivity index (χ2v) is 5.46. The molecule has 1 aliphatic rings. The first kappa shape index (κ1) is 13.6. The Bertz CT molecular complexity index is 397. The zero-order valence-electron chi connectivity index (χ0n) is 11.9. The van der Waals surface area contributed by atoms with Gasteiger partial charge in [-0.1, -0.05) is 6.42 Å². The second kappa shape index (κ2) is 5.85. The molecular weight excluding hydrogens is 224 g/mol. The summed E-state index contributed by atoms with van der Waals surface area (Å²) in [5, 5.41) is 4.60. The Hall–Kier alpha value is -0.870. The molecule has 1 unspecified atom stereocenters. The lowest BCUT2D eigenvalue weighted by molar-refractivity contribution is 0.264. The third kappa shape index (κ3) is 2.93. The highest BCUT2D eigenvalue weighted by Crippen LogP contribution is 2.18. The number of hydrogen-bond donors (Lipinski definition) is 1. The molecule has 2 heterocycles. The first-order chi connectivity index (χ1) is 8.61. The molecule has 1 fully saturated rings. The van der Waals surface area contributed by atoms with Gasteiger partial charge in [0.15, 0.2) is 0 Å². The van der Waals surface area contributed by atoms with Gasteiger partial charge in [0.2, 0.25) is 0 Å². The molecule has 1 aliphatic heterocycles. The topological polar surface area (TPSA) is 47.1 Å². The van der Waals surface area contributed by atoms with Gasteiger partial charge in [0, 0.05) is 36.9 Å². The molecule has 0 spiro atoms. The van der Waals surface area contributed by atoms with Crippen molar-refractivity contribution in [2.75, 3.05) is 13.1 Å². The minimum atomic E-state index is 0.342. The van der Waals surface area contributed by atoms with Crippen LogP contribution in [-0.2, 0) is 13.1 Å². The number of likely N-dealkylation sites (tertiary alicyclic amines) is 1. The molecule has 1 aromatic rings. The summed E-state index contributed by atoms with van der Waals surface area (Å²) in [5.41, 5.74) is 10.0. The summed E-state index contributed by atoms with van der Waals surface area (Å²) in [6.07, 6.45) is 3.71. The fourth-order valence-electron chi connectivity index (χ4n) is 2.89. The van der Waals surface area contributed by atoms with E-state index in [0.29, 0.717) is 6.04 Å². The molecule has 1 aromatic heterocycles. The van der Waals surface area contributed by atoms with Gasteiger partial charge in [0.1, 0.15) is 0 Å². The average molecular weight is 250 g/mol. The lowest BCUT2D eigenvalue weighted by atomic mass is 10.1. The minimum absolute atomic E-state index is 0.342. The van der Waals surface area contributed by atoms with E-state index in [9.17, 15) is 0 Å². The second-order valence-electron chi connectivity index (χ2n) is 5.46. The van der Waals surface area contributed by atoms with E-state index in [0.717, 1.165) is 19.6 Å². The zero-order chi connectivity index (χ0) is 13.1. The molecule has 0 bridgehead atoms. The Balaban J connectivity index is 2.10. The van der Waals surface area contributed by atoms with Crippen LogP contribution >= 0.6 is 0 Å². The van der Waals surface area contributed by atoms with Crippen LogP contribution in [-0.4, -0.2) is 33.8 Å². The third-order valence-corrected chi connectivity index (χ3v) is 4.00. The molecule has 2 rings (SSSR count). The predicted molar refractivity (Wildman–Crippen MR) is 74.5 cm³/mol. The van der Waals surface area contributed by atoms with Crippen molar-refractivity contribution < 1.29 is 0 Å². The molecule has 1 saturated heterocycles. The Kier molecular flexibility index (Phi) is 4.40. The van der Waals surface area contributed by atoms with E-state index in [4.69, 9.17) is 5.73 Å². The molecule has 102 valence electrons. The van der Waals surface area contributed by atoms with Crippen LogP contribution in [0.4, 0.5) is 0 Å². The van der Waals surface area contributed by atoms with E-state index in [1.165, 1.54) is 42.8 Å². The van der Waals surface area contributed by atoms with Crippen molar-refractivity contribution in [2.24, 2.45) is 5.73 Å². The number of nitrogens with zero attached hydrogens (tertiary/aromatic N) is 3. The zero-order valence-corrected chi connectivity index (χ0v) is 11.9. The molecule has 0 amide bonds. The van der Waals surface area contributed by atoms with E-state index >= 15 is 0 Å². The lowest BCUT2D eigenvalue weighted by Gasteiger charge is -2.22. The van der Waals surface area contributed by atoms with Crippen molar-refractivity contribution in [3.8, 4) is 0 Å². The van der Waals surface area contributed by atoms with Gasteiger partial charge in [-0.3, -0.25) is 9.58 Å². The summed E-state index contributed by atoms with van der Waals surface area (Å²) in [7, 11) is 0. The van der Waals surface area contributed by atoms with Crippen molar-refractivity contribution in [3.05, 3.63) is 17.0 Å². The lowest BCUT2D eigenvalue weighted by Crippen LogP contribution is -2.35. The van der Waals surface area contributed by atoms with Crippen molar-refractivity contribution in [1.29, 1.82) is 0 Å². The number of aromatic nitrogens is 2. The van der Waals surface area contributed by atoms with Gasteiger partial charge in [-0.2, -0.15) is 5.10 Å². The van der Waals surface area contributed by atoms with Crippen LogP contribution in [0.2, 0.25) is 0 Å². The summed E-state index contributed by atoms with van der Waals surface area (Å²) in [6, 6.07) is 0.342. The molecule has 2 N–H and O–H groups in total.